The standard InChI is InChI=1S/C23H28N4OS/c1-16-15-27-22(21(25-23(27)29-16)19-8-4-5-11-24-19)18-10-9-17(14-20(18)28-2)26-12-6-3-7-13-26/h4-5,8-11,14,16,21-22H,3,6-7,12-13,15H2,1-2H3/t16-,21+,22-/m1/s1. The van der Waals surface area contributed by atoms with Gasteiger partial charge in [-0.3, -0.25) is 9.98 Å². The first-order valence-electron chi connectivity index (χ1n) is 10.6. The molecule has 5 nitrogen and oxygen atoms in total. The predicted molar refractivity (Wildman–Crippen MR) is 120 cm³/mol. The lowest BCUT2D eigenvalue weighted by atomic mass is 9.95. The molecule has 5 rings (SSSR count). The lowest BCUT2D eigenvalue weighted by Gasteiger charge is -2.31. The maximum atomic E-state index is 5.92. The minimum absolute atomic E-state index is 0.000867. The van der Waals surface area contributed by atoms with E-state index in [0.29, 0.717) is 5.25 Å². The first-order chi connectivity index (χ1) is 14.2. The first-order valence-corrected chi connectivity index (χ1v) is 11.5. The van der Waals surface area contributed by atoms with Gasteiger partial charge in [0.15, 0.2) is 5.17 Å². The van der Waals surface area contributed by atoms with E-state index in [9.17, 15) is 0 Å². The van der Waals surface area contributed by atoms with Gasteiger partial charge in [-0.25, -0.2) is 0 Å². The first kappa shape index (κ1) is 18.8. The van der Waals surface area contributed by atoms with Crippen LogP contribution in [0.15, 0.2) is 47.6 Å². The summed E-state index contributed by atoms with van der Waals surface area (Å²) < 4.78 is 5.92. The molecule has 1 aromatic carbocycles. The summed E-state index contributed by atoms with van der Waals surface area (Å²) in [6.45, 7) is 5.55. The van der Waals surface area contributed by atoms with E-state index in [1.54, 1.807) is 7.11 Å². The minimum Gasteiger partial charge on any atom is -0.496 e. The Balaban J connectivity index is 1.53. The number of aliphatic imine (C=N–C) groups is 1. The van der Waals surface area contributed by atoms with Crippen molar-refractivity contribution in [3.05, 3.63) is 53.9 Å². The Morgan fingerprint density at radius 2 is 1.97 bits per heavy atom. The number of hydrogen-bond donors (Lipinski definition) is 0. The molecular weight excluding hydrogens is 380 g/mol. The second-order valence-electron chi connectivity index (χ2n) is 8.11. The van der Waals surface area contributed by atoms with Crippen molar-refractivity contribution >= 4 is 22.6 Å². The van der Waals surface area contributed by atoms with E-state index in [-0.39, 0.29) is 12.1 Å². The summed E-state index contributed by atoms with van der Waals surface area (Å²) in [6.07, 6.45) is 5.75. The molecule has 3 atom stereocenters. The number of rotatable bonds is 4. The Hall–Kier alpha value is -2.21. The lowest BCUT2D eigenvalue weighted by Crippen LogP contribution is -2.30. The summed E-state index contributed by atoms with van der Waals surface area (Å²) in [5.74, 6) is 0.958. The molecule has 3 aliphatic rings. The fraction of sp³-hybridized carbons (Fsp3) is 0.478. The number of nitrogens with zero attached hydrogens (tertiary/aromatic N) is 4. The smallest absolute Gasteiger partial charge is 0.160 e. The fourth-order valence-electron chi connectivity index (χ4n) is 4.75. The molecular formula is C23H28N4OS. The number of ether oxygens (including phenoxy) is 1. The van der Waals surface area contributed by atoms with Gasteiger partial charge in [-0.05, 0) is 37.5 Å². The highest BCUT2D eigenvalue weighted by atomic mass is 32.2. The molecule has 2 aromatic rings. The Labute approximate surface area is 177 Å². The van der Waals surface area contributed by atoms with Crippen LogP contribution in [0.4, 0.5) is 5.69 Å². The van der Waals surface area contributed by atoms with Crippen molar-refractivity contribution < 1.29 is 4.74 Å². The summed E-state index contributed by atoms with van der Waals surface area (Å²) in [5, 5.41) is 1.69. The second kappa shape index (κ2) is 7.90. The van der Waals surface area contributed by atoms with E-state index in [0.717, 1.165) is 36.2 Å². The van der Waals surface area contributed by atoms with E-state index in [1.807, 2.05) is 24.0 Å². The van der Waals surface area contributed by atoms with Crippen molar-refractivity contribution in [3.63, 3.8) is 0 Å². The summed E-state index contributed by atoms with van der Waals surface area (Å²) in [7, 11) is 1.78. The molecule has 0 saturated carbocycles. The molecule has 4 heterocycles. The normalized spacial score (nSPS) is 26.4. The van der Waals surface area contributed by atoms with Gasteiger partial charge < -0.3 is 14.5 Å². The van der Waals surface area contributed by atoms with Crippen molar-refractivity contribution in [2.45, 2.75) is 43.5 Å². The topological polar surface area (TPSA) is 41.0 Å². The maximum Gasteiger partial charge on any atom is 0.160 e. The van der Waals surface area contributed by atoms with Crippen LogP contribution < -0.4 is 9.64 Å². The molecule has 0 bridgehead atoms. The lowest BCUT2D eigenvalue weighted by molar-refractivity contribution is 0.307. The van der Waals surface area contributed by atoms with E-state index in [1.165, 1.54) is 30.5 Å². The van der Waals surface area contributed by atoms with Gasteiger partial charge in [-0.15, -0.1) is 0 Å². The summed E-state index contributed by atoms with van der Waals surface area (Å²) in [6, 6.07) is 13.0. The third-order valence-electron chi connectivity index (χ3n) is 6.14. The Bertz CT molecular complexity index is 897. The van der Waals surface area contributed by atoms with Crippen LogP contribution in [0.5, 0.6) is 5.75 Å². The zero-order valence-corrected chi connectivity index (χ0v) is 17.9. The van der Waals surface area contributed by atoms with Gasteiger partial charge in [0, 0.05) is 48.4 Å². The van der Waals surface area contributed by atoms with Crippen LogP contribution >= 0.6 is 11.8 Å². The third-order valence-corrected chi connectivity index (χ3v) is 7.24. The molecule has 3 aliphatic heterocycles. The summed E-state index contributed by atoms with van der Waals surface area (Å²) in [5.41, 5.74) is 3.50. The zero-order valence-electron chi connectivity index (χ0n) is 17.1. The molecule has 0 N–H and O–H groups in total. The number of piperidine rings is 1. The van der Waals surface area contributed by atoms with Gasteiger partial charge >= 0.3 is 0 Å². The summed E-state index contributed by atoms with van der Waals surface area (Å²) in [4.78, 5) is 14.7. The summed E-state index contributed by atoms with van der Waals surface area (Å²) >= 11 is 1.87. The number of pyridine rings is 1. The number of amidine groups is 1. The molecule has 2 fully saturated rings. The predicted octanol–water partition coefficient (Wildman–Crippen LogP) is 4.67. The van der Waals surface area contributed by atoms with Gasteiger partial charge in [0.05, 0.1) is 18.8 Å². The van der Waals surface area contributed by atoms with Gasteiger partial charge in [-0.1, -0.05) is 30.8 Å². The molecule has 0 aliphatic carbocycles. The van der Waals surface area contributed by atoms with Gasteiger partial charge in [0.2, 0.25) is 0 Å². The van der Waals surface area contributed by atoms with E-state index >= 15 is 0 Å². The zero-order chi connectivity index (χ0) is 19.8. The molecule has 0 spiro atoms. The van der Waals surface area contributed by atoms with Crippen LogP contribution in [-0.2, 0) is 0 Å². The molecule has 29 heavy (non-hydrogen) atoms. The average Bonchev–Trinajstić information content (AvgIpc) is 3.30. The van der Waals surface area contributed by atoms with E-state index < -0.39 is 0 Å². The van der Waals surface area contributed by atoms with Crippen molar-refractivity contribution in [2.24, 2.45) is 4.99 Å². The molecule has 2 saturated heterocycles. The van der Waals surface area contributed by atoms with Crippen LogP contribution in [0.2, 0.25) is 0 Å². The molecule has 6 heteroatoms. The molecule has 0 unspecified atom stereocenters. The average molecular weight is 409 g/mol. The number of methoxy groups -OCH3 is 1. The van der Waals surface area contributed by atoms with Crippen molar-refractivity contribution in [1.29, 1.82) is 0 Å². The molecule has 0 radical (unpaired) electrons. The van der Waals surface area contributed by atoms with Crippen LogP contribution in [0, 0.1) is 0 Å². The molecule has 0 amide bonds. The maximum absolute atomic E-state index is 5.92. The number of aromatic nitrogens is 1. The SMILES string of the molecule is COc1cc(N2CCCCC2)ccc1[C@@H]1[C@H](c2ccccn2)N=C2S[C@H](C)CN21. The van der Waals surface area contributed by atoms with Gasteiger partial charge in [-0.2, -0.15) is 0 Å². The van der Waals surface area contributed by atoms with Crippen molar-refractivity contribution in [3.8, 4) is 5.75 Å². The second-order valence-corrected chi connectivity index (χ2v) is 9.52. The third kappa shape index (κ3) is 3.48. The number of hydrogen-bond acceptors (Lipinski definition) is 6. The Morgan fingerprint density at radius 1 is 1.10 bits per heavy atom. The minimum atomic E-state index is 0.000867. The molecule has 152 valence electrons. The van der Waals surface area contributed by atoms with Crippen LogP contribution in [0.1, 0.15) is 49.5 Å². The highest BCUT2D eigenvalue weighted by Gasteiger charge is 2.44. The highest BCUT2D eigenvalue weighted by molar-refractivity contribution is 8.14. The number of thioether (sulfide) groups is 1. The van der Waals surface area contributed by atoms with E-state index in [4.69, 9.17) is 9.73 Å². The Kier molecular flexibility index (Phi) is 5.12. The molecule has 1 aromatic heterocycles. The van der Waals surface area contributed by atoms with Gasteiger partial charge in [0.1, 0.15) is 11.8 Å². The highest BCUT2D eigenvalue weighted by Crippen LogP contribution is 2.50. The monoisotopic (exact) mass is 408 g/mol. The van der Waals surface area contributed by atoms with Crippen molar-refractivity contribution in [1.82, 2.24) is 9.88 Å². The number of anilines is 1. The Morgan fingerprint density at radius 3 is 2.72 bits per heavy atom. The van der Waals surface area contributed by atoms with Crippen LogP contribution in [0.25, 0.3) is 0 Å². The van der Waals surface area contributed by atoms with Crippen LogP contribution in [0.3, 0.4) is 0 Å². The largest absolute Gasteiger partial charge is 0.496 e. The number of fused-ring (bicyclic) bond motifs is 1. The van der Waals surface area contributed by atoms with Gasteiger partial charge in [0.25, 0.3) is 0 Å². The van der Waals surface area contributed by atoms with E-state index in [2.05, 4.69) is 52.0 Å². The quantitative estimate of drug-likeness (QED) is 0.735. The van der Waals surface area contributed by atoms with Crippen LogP contribution in [-0.4, -0.2) is 47.0 Å². The number of benzene rings is 1. The van der Waals surface area contributed by atoms with Crippen molar-refractivity contribution in [2.75, 3.05) is 31.6 Å². The fourth-order valence-corrected chi connectivity index (χ4v) is 5.84.